The lowest BCUT2D eigenvalue weighted by molar-refractivity contribution is 0.322. The topological polar surface area (TPSA) is 68.3 Å². The Hall–Kier alpha value is -2.49. The van der Waals surface area contributed by atoms with Crippen molar-refractivity contribution >= 4 is 5.84 Å². The van der Waals surface area contributed by atoms with Gasteiger partial charge in [-0.2, -0.15) is 0 Å². The molecule has 21 heavy (non-hydrogen) atoms. The normalized spacial score (nSPS) is 10.1. The molecule has 0 spiro atoms. The number of hydrogen-bond acceptors (Lipinski definition) is 3. The molecule has 0 aliphatic carbocycles. The zero-order chi connectivity index (χ0) is 15.1. The lowest BCUT2D eigenvalue weighted by Gasteiger charge is -2.08. The fraction of sp³-hybridized carbons (Fsp3) is 0.235. The predicted molar refractivity (Wildman–Crippen MR) is 84.3 cm³/mol. The molecule has 0 radical (unpaired) electrons. The van der Waals surface area contributed by atoms with Crippen LogP contribution in [0.15, 0.2) is 48.5 Å². The second kappa shape index (κ2) is 7.33. The van der Waals surface area contributed by atoms with Gasteiger partial charge < -0.3 is 15.2 Å². The molecule has 0 bridgehead atoms. The molecule has 2 aromatic carbocycles. The Morgan fingerprint density at radius 1 is 0.952 bits per heavy atom. The van der Waals surface area contributed by atoms with Crippen molar-refractivity contribution in [2.45, 2.75) is 12.8 Å². The molecule has 4 nitrogen and oxygen atoms in total. The van der Waals surface area contributed by atoms with Crippen LogP contribution >= 0.6 is 0 Å². The Kier molecular flexibility index (Phi) is 5.21. The van der Waals surface area contributed by atoms with Gasteiger partial charge in [0.1, 0.15) is 11.5 Å². The number of hydrogen-bond donors (Lipinski definition) is 2. The fourth-order valence-corrected chi connectivity index (χ4v) is 2.00. The maximum atomic E-state index is 7.26. The van der Waals surface area contributed by atoms with Crippen LogP contribution in [-0.2, 0) is 12.8 Å². The number of nitrogens with one attached hydrogen (secondary N) is 1. The highest BCUT2D eigenvalue weighted by molar-refractivity contribution is 5.79. The number of benzene rings is 2. The van der Waals surface area contributed by atoms with E-state index < -0.39 is 0 Å². The average molecular weight is 284 g/mol. The van der Waals surface area contributed by atoms with E-state index >= 15 is 0 Å². The first-order chi connectivity index (χ1) is 10.2. The number of methoxy groups -OCH3 is 1. The number of amidine groups is 1. The first kappa shape index (κ1) is 14.9. The van der Waals surface area contributed by atoms with E-state index in [2.05, 4.69) is 0 Å². The summed E-state index contributed by atoms with van der Waals surface area (Å²) in [4.78, 5) is 0. The molecule has 0 saturated carbocycles. The summed E-state index contributed by atoms with van der Waals surface area (Å²) in [5.74, 6) is 1.86. The highest BCUT2D eigenvalue weighted by Crippen LogP contribution is 2.14. The molecule has 2 rings (SSSR count). The van der Waals surface area contributed by atoms with E-state index in [0.717, 1.165) is 23.5 Å². The summed E-state index contributed by atoms with van der Waals surface area (Å²) in [5.41, 5.74) is 7.60. The minimum atomic E-state index is 0.170. The van der Waals surface area contributed by atoms with E-state index in [1.807, 2.05) is 48.5 Å². The third kappa shape index (κ3) is 4.84. The summed E-state index contributed by atoms with van der Waals surface area (Å²) >= 11 is 0. The van der Waals surface area contributed by atoms with Crippen LogP contribution in [0, 0.1) is 5.41 Å². The van der Waals surface area contributed by atoms with Gasteiger partial charge in [-0.15, -0.1) is 0 Å². The first-order valence-electron chi connectivity index (χ1n) is 6.85. The molecular weight excluding hydrogens is 264 g/mol. The molecule has 3 N–H and O–H groups in total. The lowest BCUT2D eigenvalue weighted by Crippen LogP contribution is -2.12. The molecule has 0 aliphatic rings. The zero-order valence-electron chi connectivity index (χ0n) is 12.1. The van der Waals surface area contributed by atoms with Crippen LogP contribution < -0.4 is 15.2 Å². The van der Waals surface area contributed by atoms with Crippen LogP contribution in [0.5, 0.6) is 11.5 Å². The third-order valence-corrected chi connectivity index (χ3v) is 3.14. The summed E-state index contributed by atoms with van der Waals surface area (Å²) in [7, 11) is 1.66. The van der Waals surface area contributed by atoms with Gasteiger partial charge in [0.15, 0.2) is 0 Å². The largest absolute Gasteiger partial charge is 0.497 e. The number of rotatable bonds is 7. The Morgan fingerprint density at radius 2 is 1.52 bits per heavy atom. The lowest BCUT2D eigenvalue weighted by atomic mass is 10.1. The Labute approximate surface area is 125 Å². The molecular formula is C17H20N2O2. The molecule has 2 aromatic rings. The van der Waals surface area contributed by atoms with Gasteiger partial charge in [0.05, 0.1) is 19.6 Å². The second-order valence-corrected chi connectivity index (χ2v) is 4.79. The average Bonchev–Trinajstić information content (AvgIpc) is 2.49. The van der Waals surface area contributed by atoms with Crippen LogP contribution in [0.3, 0.4) is 0 Å². The van der Waals surface area contributed by atoms with Crippen molar-refractivity contribution in [3.05, 3.63) is 59.7 Å². The molecule has 0 aromatic heterocycles. The van der Waals surface area contributed by atoms with Crippen molar-refractivity contribution in [3.8, 4) is 11.5 Å². The minimum Gasteiger partial charge on any atom is -0.497 e. The maximum Gasteiger partial charge on any atom is 0.119 e. The van der Waals surface area contributed by atoms with Crippen LogP contribution in [0.4, 0.5) is 0 Å². The van der Waals surface area contributed by atoms with Gasteiger partial charge in [-0.25, -0.2) is 0 Å². The minimum absolute atomic E-state index is 0.170. The van der Waals surface area contributed by atoms with Crippen LogP contribution in [0.25, 0.3) is 0 Å². The summed E-state index contributed by atoms with van der Waals surface area (Å²) < 4.78 is 10.8. The van der Waals surface area contributed by atoms with Gasteiger partial charge in [0.25, 0.3) is 0 Å². The maximum absolute atomic E-state index is 7.26. The molecule has 0 unspecified atom stereocenters. The summed E-state index contributed by atoms with van der Waals surface area (Å²) in [6.07, 6.45) is 1.32. The van der Waals surface area contributed by atoms with E-state index in [0.29, 0.717) is 13.0 Å². The summed E-state index contributed by atoms with van der Waals surface area (Å²) in [6.45, 7) is 0.623. The Morgan fingerprint density at radius 3 is 2.10 bits per heavy atom. The molecule has 0 atom stereocenters. The van der Waals surface area contributed by atoms with Crippen molar-refractivity contribution in [1.82, 2.24) is 0 Å². The van der Waals surface area contributed by atoms with Gasteiger partial charge in [0.2, 0.25) is 0 Å². The highest BCUT2D eigenvalue weighted by atomic mass is 16.5. The molecule has 0 amide bonds. The van der Waals surface area contributed by atoms with Crippen LogP contribution in [-0.4, -0.2) is 19.6 Å². The van der Waals surface area contributed by atoms with Gasteiger partial charge in [-0.05, 0) is 35.4 Å². The molecule has 110 valence electrons. The number of nitrogens with two attached hydrogens (primary N) is 1. The van der Waals surface area contributed by atoms with E-state index in [1.165, 1.54) is 5.56 Å². The highest BCUT2D eigenvalue weighted by Gasteiger charge is 1.99. The SMILES string of the molecule is COc1ccc(CCOc2ccc(CC(=N)N)cc2)cc1. The Bertz CT molecular complexity index is 577. The van der Waals surface area contributed by atoms with Gasteiger partial charge >= 0.3 is 0 Å². The first-order valence-corrected chi connectivity index (χ1v) is 6.85. The van der Waals surface area contributed by atoms with E-state index in [4.69, 9.17) is 20.6 Å². The van der Waals surface area contributed by atoms with Gasteiger partial charge in [-0.1, -0.05) is 24.3 Å². The van der Waals surface area contributed by atoms with E-state index in [9.17, 15) is 0 Å². The second-order valence-electron chi connectivity index (χ2n) is 4.79. The Balaban J connectivity index is 1.81. The standard InChI is InChI=1S/C17H20N2O2/c1-20-15-6-2-13(3-7-15)10-11-21-16-8-4-14(5-9-16)12-17(18)19/h2-9H,10-12H2,1H3,(H3,18,19). The monoisotopic (exact) mass is 284 g/mol. The fourth-order valence-electron chi connectivity index (χ4n) is 2.00. The predicted octanol–water partition coefficient (Wildman–Crippen LogP) is 2.80. The number of ether oxygens (including phenoxy) is 2. The van der Waals surface area contributed by atoms with Crippen molar-refractivity contribution in [1.29, 1.82) is 5.41 Å². The quantitative estimate of drug-likeness (QED) is 0.607. The molecule has 0 heterocycles. The van der Waals surface area contributed by atoms with Crippen LogP contribution in [0.1, 0.15) is 11.1 Å². The van der Waals surface area contributed by atoms with Gasteiger partial charge in [0, 0.05) is 12.8 Å². The third-order valence-electron chi connectivity index (χ3n) is 3.14. The van der Waals surface area contributed by atoms with E-state index in [1.54, 1.807) is 7.11 Å². The smallest absolute Gasteiger partial charge is 0.119 e. The van der Waals surface area contributed by atoms with E-state index in [-0.39, 0.29) is 5.84 Å². The van der Waals surface area contributed by atoms with Crippen molar-refractivity contribution < 1.29 is 9.47 Å². The molecule has 4 heteroatoms. The van der Waals surface area contributed by atoms with Crippen molar-refractivity contribution in [2.24, 2.45) is 5.73 Å². The molecule has 0 aliphatic heterocycles. The summed E-state index contributed by atoms with van der Waals surface area (Å²) in [6, 6.07) is 15.7. The summed E-state index contributed by atoms with van der Waals surface area (Å²) in [5, 5.41) is 7.26. The van der Waals surface area contributed by atoms with Crippen molar-refractivity contribution in [3.63, 3.8) is 0 Å². The molecule has 0 saturated heterocycles. The zero-order valence-corrected chi connectivity index (χ0v) is 12.1. The van der Waals surface area contributed by atoms with Gasteiger partial charge in [-0.3, -0.25) is 5.41 Å². The molecule has 0 fully saturated rings. The van der Waals surface area contributed by atoms with Crippen molar-refractivity contribution in [2.75, 3.05) is 13.7 Å². The van der Waals surface area contributed by atoms with Crippen LogP contribution in [0.2, 0.25) is 0 Å².